The van der Waals surface area contributed by atoms with Gasteiger partial charge >= 0.3 is 0 Å². The molecule has 12 heteroatoms. The lowest BCUT2D eigenvalue weighted by Gasteiger charge is -2.50. The monoisotopic (exact) mass is 858 g/mol. The second kappa shape index (κ2) is 18.1. The van der Waals surface area contributed by atoms with Gasteiger partial charge in [0.05, 0.1) is 41.9 Å². The maximum atomic E-state index is 7.37. The first kappa shape index (κ1) is 47.4. The highest BCUT2D eigenvalue weighted by Gasteiger charge is 2.50. The van der Waals surface area contributed by atoms with Gasteiger partial charge in [-0.3, -0.25) is 0 Å². The Labute approximate surface area is 347 Å². The largest absolute Gasteiger partial charge is 0.413 e. The molecule has 3 fully saturated rings. The van der Waals surface area contributed by atoms with Crippen molar-refractivity contribution < 1.29 is 27.5 Å². The van der Waals surface area contributed by atoms with E-state index < -0.39 is 25.0 Å². The zero-order valence-corrected chi connectivity index (χ0v) is 42.7. The van der Waals surface area contributed by atoms with Crippen LogP contribution in [0, 0.1) is 0 Å². The van der Waals surface area contributed by atoms with E-state index >= 15 is 0 Å². The minimum atomic E-state index is -2.08. The van der Waals surface area contributed by atoms with Crippen LogP contribution in [-0.4, -0.2) is 88.4 Å². The van der Waals surface area contributed by atoms with Crippen LogP contribution in [-0.2, 0) is 27.5 Å². The molecule has 0 saturated carbocycles. The van der Waals surface area contributed by atoms with Gasteiger partial charge < -0.3 is 27.5 Å². The summed E-state index contributed by atoms with van der Waals surface area (Å²) in [5.41, 5.74) is 0.0829. The molecule has 11 atom stereocenters. The molecule has 0 unspecified atom stereocenters. The molecule has 0 radical (unpaired) electrons. The van der Waals surface area contributed by atoms with E-state index in [1.165, 1.54) is 4.90 Å². The zero-order chi connectivity index (χ0) is 40.7. The summed E-state index contributed by atoms with van der Waals surface area (Å²) in [4.78, 5) is 1.24. The lowest BCUT2D eigenvalue weighted by atomic mass is 10.1. The minimum absolute atomic E-state index is 0.00434. The predicted molar refractivity (Wildman–Crippen MR) is 243 cm³/mol. The summed E-state index contributed by atoms with van der Waals surface area (Å²) in [5, 5.41) is 0.742. The van der Waals surface area contributed by atoms with Crippen LogP contribution in [0.2, 0.25) is 54.4 Å². The van der Waals surface area contributed by atoms with Crippen molar-refractivity contribution in [1.29, 1.82) is 0 Å². The van der Waals surface area contributed by atoms with Crippen molar-refractivity contribution in [2.45, 2.75) is 231 Å². The quantitative estimate of drug-likeness (QED) is 0.191. The normalized spacial score (nSPS) is 33.9. The second-order valence-electron chi connectivity index (χ2n) is 20.8. The fourth-order valence-electron chi connectivity index (χ4n) is 6.54. The molecule has 312 valence electrons. The topological polar surface area (TPSA) is 55.4 Å². The minimum Gasteiger partial charge on any atom is -0.413 e. The molecule has 0 aromatic heterocycles. The maximum absolute atomic E-state index is 7.37. The third-order valence-electron chi connectivity index (χ3n) is 13.2. The van der Waals surface area contributed by atoms with E-state index in [4.69, 9.17) is 27.5 Å². The van der Waals surface area contributed by atoms with E-state index in [1.807, 2.05) is 35.3 Å². The van der Waals surface area contributed by atoms with E-state index in [0.717, 1.165) is 25.7 Å². The van der Waals surface area contributed by atoms with Crippen molar-refractivity contribution in [3.05, 3.63) is 30.3 Å². The Balaban J connectivity index is 1.58. The van der Waals surface area contributed by atoms with Crippen LogP contribution < -0.4 is 0 Å². The highest BCUT2D eigenvalue weighted by Crippen LogP contribution is 2.49. The number of hydrogen-bond acceptors (Lipinski definition) is 9. The Kier molecular flexibility index (Phi) is 15.9. The van der Waals surface area contributed by atoms with Crippen molar-refractivity contribution in [1.82, 2.24) is 0 Å². The van der Waals surface area contributed by atoms with E-state index in [0.29, 0.717) is 0 Å². The molecular weight excluding hydrogens is 781 g/mol. The van der Waals surface area contributed by atoms with Crippen LogP contribution in [0.5, 0.6) is 0 Å². The molecule has 3 aliphatic rings. The van der Waals surface area contributed by atoms with Crippen molar-refractivity contribution in [2.75, 3.05) is 0 Å². The Bertz CT molecular complexity index is 1330. The van der Waals surface area contributed by atoms with Gasteiger partial charge in [-0.1, -0.05) is 92.3 Å². The van der Waals surface area contributed by atoms with Gasteiger partial charge in [0, 0.05) is 16.6 Å². The fraction of sp³-hybridized carbons (Fsp3) is 0.857. The highest BCUT2D eigenvalue weighted by atomic mass is 32.2. The molecule has 6 nitrogen and oxygen atoms in total. The van der Waals surface area contributed by atoms with Gasteiger partial charge in [-0.15, -0.1) is 23.5 Å². The third kappa shape index (κ3) is 12.1. The van der Waals surface area contributed by atoms with Gasteiger partial charge in [-0.05, 0) is 107 Å². The lowest BCUT2D eigenvalue weighted by molar-refractivity contribution is -0.0778. The number of benzene rings is 1. The molecule has 3 saturated heterocycles. The van der Waals surface area contributed by atoms with Crippen molar-refractivity contribution in [3.8, 4) is 0 Å². The van der Waals surface area contributed by atoms with E-state index in [1.54, 1.807) is 0 Å². The van der Waals surface area contributed by atoms with Gasteiger partial charge in [0.25, 0.3) is 0 Å². The Hall–Kier alpha value is 0.681. The fourth-order valence-corrected chi connectivity index (χ4v) is 15.2. The Morgan fingerprint density at radius 3 is 1.56 bits per heavy atom. The molecule has 0 bridgehead atoms. The predicted octanol–water partition coefficient (Wildman–Crippen LogP) is 12.9. The lowest BCUT2D eigenvalue weighted by Crippen LogP contribution is -2.55. The molecule has 0 N–H and O–H groups in total. The van der Waals surface area contributed by atoms with Gasteiger partial charge in [-0.25, -0.2) is 0 Å². The third-order valence-corrected chi connectivity index (χ3v) is 31.2. The zero-order valence-electron chi connectivity index (χ0n) is 37.2. The highest BCUT2D eigenvalue weighted by molar-refractivity contribution is 8.04. The van der Waals surface area contributed by atoms with Gasteiger partial charge in [-0.2, -0.15) is 0 Å². The summed E-state index contributed by atoms with van der Waals surface area (Å²) < 4.78 is 42.3. The van der Waals surface area contributed by atoms with Crippen LogP contribution in [0.25, 0.3) is 0 Å². The SMILES string of the molecule is C[C@@H]1O[C@@H](S[C@H]2C[C@H](O[Si](C)(C)C(C)(C)C)[C@@H](C)O[C@H]2S[C@@H]2[C@@H](C)O[C@H](Sc3ccccc3)C[C@H]2O[Si](C)(C)C(C)(C)C)CC[C@@H]1O[Si](C)(C)C(C)(C)C. The summed E-state index contributed by atoms with van der Waals surface area (Å²) in [6.45, 7) is 41.9. The molecule has 3 aliphatic heterocycles. The standard InChI is InChI=1S/C42H78O6S3Si3/c1-28-32(46-52(13,14)40(4,5)6)24-25-36(43-28)50-35-26-33(47-53(15,16)41(7,8)9)29(2)45-39(35)51-38-30(3)44-37(49-31-22-20-19-21-23-31)27-34(38)48-54(17,18)42(10,11)12/h19-23,28-30,32-39H,24-27H2,1-18H3/t28-,29+,30+,32-,33-,34+,35-,36-,37+,38+,39-/m0/s1. The first-order chi connectivity index (χ1) is 24.6. The molecule has 0 spiro atoms. The smallest absolute Gasteiger partial charge is 0.192 e. The van der Waals surface area contributed by atoms with E-state index in [2.05, 4.69) is 153 Å². The maximum Gasteiger partial charge on any atom is 0.192 e. The van der Waals surface area contributed by atoms with Gasteiger partial charge in [0.15, 0.2) is 25.0 Å². The summed E-state index contributed by atoms with van der Waals surface area (Å²) in [6.07, 6.45) is 4.07. The molecule has 3 heterocycles. The average Bonchev–Trinajstić information content (AvgIpc) is 3.01. The van der Waals surface area contributed by atoms with Gasteiger partial charge in [0.1, 0.15) is 16.3 Å². The molecule has 1 aromatic rings. The van der Waals surface area contributed by atoms with E-state index in [9.17, 15) is 0 Å². The summed E-state index contributed by atoms with van der Waals surface area (Å²) in [6, 6.07) is 10.7. The summed E-state index contributed by atoms with van der Waals surface area (Å²) >= 11 is 5.75. The molecule has 4 rings (SSSR count). The Morgan fingerprint density at radius 1 is 0.556 bits per heavy atom. The number of ether oxygens (including phenoxy) is 3. The Morgan fingerprint density at radius 2 is 1.04 bits per heavy atom. The first-order valence-electron chi connectivity index (χ1n) is 20.6. The van der Waals surface area contributed by atoms with E-state index in [-0.39, 0.29) is 78.5 Å². The van der Waals surface area contributed by atoms with Crippen molar-refractivity contribution in [2.24, 2.45) is 0 Å². The number of thioether (sulfide) groups is 3. The molecule has 54 heavy (non-hydrogen) atoms. The second-order valence-corrected chi connectivity index (χ2v) is 38.9. The molecule has 0 amide bonds. The summed E-state index contributed by atoms with van der Waals surface area (Å²) in [7, 11) is -6.01. The average molecular weight is 860 g/mol. The van der Waals surface area contributed by atoms with Crippen LogP contribution in [0.3, 0.4) is 0 Å². The van der Waals surface area contributed by atoms with Crippen LogP contribution in [0.1, 0.15) is 109 Å². The van der Waals surface area contributed by atoms with Crippen LogP contribution in [0.4, 0.5) is 0 Å². The number of hydrogen-bond donors (Lipinski definition) is 0. The van der Waals surface area contributed by atoms with Crippen molar-refractivity contribution >= 4 is 60.2 Å². The summed E-state index contributed by atoms with van der Waals surface area (Å²) in [5.74, 6) is 0. The molecule has 1 aromatic carbocycles. The van der Waals surface area contributed by atoms with Crippen molar-refractivity contribution in [3.63, 3.8) is 0 Å². The van der Waals surface area contributed by atoms with Crippen LogP contribution >= 0.6 is 35.3 Å². The number of rotatable bonds is 12. The molecular formula is C42H78O6S3Si3. The van der Waals surface area contributed by atoms with Gasteiger partial charge in [0.2, 0.25) is 0 Å². The van der Waals surface area contributed by atoms with Crippen LogP contribution in [0.15, 0.2) is 35.2 Å². The first-order valence-corrected chi connectivity index (χ1v) is 32.1. The molecule has 0 aliphatic carbocycles.